The summed E-state index contributed by atoms with van der Waals surface area (Å²) in [5.74, 6) is 0.860. The van der Waals surface area contributed by atoms with Gasteiger partial charge in [-0.15, -0.1) is 0 Å². The van der Waals surface area contributed by atoms with Crippen LogP contribution in [-0.2, 0) is 21.6 Å². The number of rotatable bonds is 0. The number of carbonyl (C=O) groups is 1. The predicted molar refractivity (Wildman–Crippen MR) is 59.0 cm³/mol. The van der Waals surface area contributed by atoms with E-state index in [9.17, 15) is 4.79 Å². The first-order valence-electron chi connectivity index (χ1n) is 6.08. The van der Waals surface area contributed by atoms with Crippen LogP contribution >= 0.6 is 0 Å². The van der Waals surface area contributed by atoms with Gasteiger partial charge in [0.05, 0.1) is 5.60 Å². The van der Waals surface area contributed by atoms with Gasteiger partial charge in [-0.05, 0) is 36.3 Å². The Morgan fingerprint density at radius 1 is 1.31 bits per heavy atom. The molecule has 2 bridgehead atoms. The Labute approximate surface area is 94.6 Å². The molecule has 3 atom stereocenters. The SMILES string of the molecule is O=C1CC[C@@]23O[C@@H]1C[C@@H]2Cc1ccccc13. The second kappa shape index (κ2) is 2.75. The van der Waals surface area contributed by atoms with Gasteiger partial charge in [0, 0.05) is 6.42 Å². The molecule has 2 heteroatoms. The van der Waals surface area contributed by atoms with Crippen LogP contribution in [0.25, 0.3) is 0 Å². The van der Waals surface area contributed by atoms with Crippen LogP contribution < -0.4 is 0 Å². The van der Waals surface area contributed by atoms with Crippen molar-refractivity contribution in [1.29, 1.82) is 0 Å². The van der Waals surface area contributed by atoms with Gasteiger partial charge in [-0.1, -0.05) is 24.3 Å². The fourth-order valence-corrected chi connectivity index (χ4v) is 3.82. The molecule has 1 aromatic carbocycles. The second-order valence-electron chi connectivity index (χ2n) is 5.26. The van der Waals surface area contributed by atoms with E-state index in [1.165, 1.54) is 11.1 Å². The number of hydrogen-bond acceptors (Lipinski definition) is 2. The summed E-state index contributed by atoms with van der Waals surface area (Å²) >= 11 is 0. The maximum atomic E-state index is 11.7. The zero-order chi connectivity index (χ0) is 10.8. The van der Waals surface area contributed by atoms with Crippen molar-refractivity contribution < 1.29 is 9.53 Å². The number of hydrogen-bond donors (Lipinski definition) is 0. The van der Waals surface area contributed by atoms with Gasteiger partial charge in [-0.2, -0.15) is 0 Å². The Morgan fingerprint density at radius 2 is 2.19 bits per heavy atom. The van der Waals surface area contributed by atoms with Crippen LogP contribution in [0, 0.1) is 5.92 Å². The van der Waals surface area contributed by atoms with Crippen LogP contribution in [-0.4, -0.2) is 11.9 Å². The van der Waals surface area contributed by atoms with Crippen molar-refractivity contribution in [2.75, 3.05) is 0 Å². The fourth-order valence-electron chi connectivity index (χ4n) is 3.82. The first kappa shape index (κ1) is 8.94. The molecular formula is C14H14O2. The summed E-state index contributed by atoms with van der Waals surface area (Å²) in [6, 6.07) is 8.58. The minimum absolute atomic E-state index is 0.102. The van der Waals surface area contributed by atoms with Crippen molar-refractivity contribution in [3.8, 4) is 0 Å². The quantitative estimate of drug-likeness (QED) is 0.662. The maximum Gasteiger partial charge on any atom is 0.161 e. The standard InChI is InChI=1S/C14H14O2/c15-12-5-6-14-10(8-13(12)16-14)7-9-3-1-2-4-11(9)14/h1-4,10,13H,5-8H2/t10-,13+,14+/m0/s1. The molecule has 16 heavy (non-hydrogen) atoms. The Hall–Kier alpha value is -1.15. The highest BCUT2D eigenvalue weighted by Crippen LogP contribution is 2.56. The molecule has 0 amide bonds. The zero-order valence-corrected chi connectivity index (χ0v) is 9.11. The van der Waals surface area contributed by atoms with Gasteiger partial charge < -0.3 is 4.74 Å². The molecule has 0 radical (unpaired) electrons. The molecule has 1 spiro atoms. The fraction of sp³-hybridized carbons (Fsp3) is 0.500. The highest BCUT2D eigenvalue weighted by molar-refractivity contribution is 5.85. The lowest BCUT2D eigenvalue weighted by Gasteiger charge is -2.33. The number of ether oxygens (including phenoxy) is 1. The molecule has 2 nitrogen and oxygen atoms in total. The Morgan fingerprint density at radius 3 is 3.12 bits per heavy atom. The lowest BCUT2D eigenvalue weighted by atomic mass is 9.84. The summed E-state index contributed by atoms with van der Waals surface area (Å²) in [6.07, 6.45) is 3.53. The first-order valence-corrected chi connectivity index (χ1v) is 6.08. The van der Waals surface area contributed by atoms with E-state index in [0.717, 1.165) is 19.3 Å². The molecule has 2 fully saturated rings. The highest BCUT2D eigenvalue weighted by Gasteiger charge is 2.58. The molecule has 1 aliphatic carbocycles. The van der Waals surface area contributed by atoms with Gasteiger partial charge >= 0.3 is 0 Å². The molecule has 0 unspecified atom stereocenters. The van der Waals surface area contributed by atoms with Crippen molar-refractivity contribution in [2.24, 2.45) is 5.92 Å². The third kappa shape index (κ3) is 0.897. The lowest BCUT2D eigenvalue weighted by molar-refractivity contribution is -0.148. The topological polar surface area (TPSA) is 26.3 Å². The summed E-state index contributed by atoms with van der Waals surface area (Å²) in [7, 11) is 0. The molecule has 2 heterocycles. The molecule has 0 saturated carbocycles. The molecule has 2 saturated heterocycles. The van der Waals surface area contributed by atoms with E-state index in [2.05, 4.69) is 24.3 Å². The van der Waals surface area contributed by atoms with Crippen LogP contribution in [0.3, 0.4) is 0 Å². The maximum absolute atomic E-state index is 11.7. The minimum atomic E-state index is -0.105. The van der Waals surface area contributed by atoms with E-state index in [1.807, 2.05) is 0 Å². The Kier molecular flexibility index (Phi) is 1.54. The molecule has 4 rings (SSSR count). The van der Waals surface area contributed by atoms with Crippen molar-refractivity contribution in [3.63, 3.8) is 0 Å². The Bertz CT molecular complexity index is 479. The number of fused-ring (bicyclic) bond motifs is 2. The van der Waals surface area contributed by atoms with Gasteiger partial charge in [0.2, 0.25) is 0 Å². The highest BCUT2D eigenvalue weighted by atomic mass is 16.5. The third-order valence-electron chi connectivity index (χ3n) is 4.55. The van der Waals surface area contributed by atoms with Crippen LogP contribution in [0.4, 0.5) is 0 Å². The van der Waals surface area contributed by atoms with Crippen LogP contribution in [0.2, 0.25) is 0 Å². The smallest absolute Gasteiger partial charge is 0.161 e. The van der Waals surface area contributed by atoms with Gasteiger partial charge in [0.15, 0.2) is 5.78 Å². The van der Waals surface area contributed by atoms with Crippen LogP contribution in [0.15, 0.2) is 24.3 Å². The number of benzene rings is 1. The van der Waals surface area contributed by atoms with Gasteiger partial charge in [-0.25, -0.2) is 0 Å². The van der Waals surface area contributed by atoms with Crippen molar-refractivity contribution in [2.45, 2.75) is 37.4 Å². The van der Waals surface area contributed by atoms with Crippen molar-refractivity contribution in [1.82, 2.24) is 0 Å². The van der Waals surface area contributed by atoms with Gasteiger partial charge in [0.25, 0.3) is 0 Å². The molecule has 0 N–H and O–H groups in total. The molecular weight excluding hydrogens is 200 g/mol. The van der Waals surface area contributed by atoms with E-state index < -0.39 is 0 Å². The second-order valence-corrected chi connectivity index (χ2v) is 5.26. The zero-order valence-electron chi connectivity index (χ0n) is 9.11. The van der Waals surface area contributed by atoms with Crippen LogP contribution in [0.5, 0.6) is 0 Å². The molecule has 2 aliphatic heterocycles. The average molecular weight is 214 g/mol. The van der Waals surface area contributed by atoms with Crippen molar-refractivity contribution in [3.05, 3.63) is 35.4 Å². The molecule has 3 aliphatic rings. The van der Waals surface area contributed by atoms with E-state index >= 15 is 0 Å². The summed E-state index contributed by atoms with van der Waals surface area (Å²) in [5, 5.41) is 0. The average Bonchev–Trinajstić information content (AvgIpc) is 2.74. The van der Waals surface area contributed by atoms with E-state index in [1.54, 1.807) is 0 Å². The molecule has 1 aromatic rings. The van der Waals surface area contributed by atoms with Gasteiger partial charge in [-0.3, -0.25) is 4.79 Å². The minimum Gasteiger partial charge on any atom is -0.359 e. The van der Waals surface area contributed by atoms with Crippen LogP contribution in [0.1, 0.15) is 30.4 Å². The normalized spacial score (nSPS) is 39.6. The Balaban J connectivity index is 1.88. The number of Topliss-reactive ketones (excluding diaryl/α,β-unsaturated/α-hetero) is 1. The summed E-state index contributed by atoms with van der Waals surface area (Å²) < 4.78 is 6.10. The largest absolute Gasteiger partial charge is 0.359 e. The molecule has 82 valence electrons. The van der Waals surface area contributed by atoms with Crippen molar-refractivity contribution >= 4 is 5.78 Å². The van der Waals surface area contributed by atoms with E-state index in [4.69, 9.17) is 4.74 Å². The number of ketones is 1. The molecule has 0 aromatic heterocycles. The predicted octanol–water partition coefficient (Wildman–Crippen LogP) is 2.21. The number of carbonyl (C=O) groups excluding carboxylic acids is 1. The van der Waals surface area contributed by atoms with Gasteiger partial charge in [0.1, 0.15) is 6.10 Å². The first-order chi connectivity index (χ1) is 7.79. The lowest BCUT2D eigenvalue weighted by Crippen LogP contribution is -2.36. The van der Waals surface area contributed by atoms with E-state index in [-0.39, 0.29) is 11.7 Å². The summed E-state index contributed by atoms with van der Waals surface area (Å²) in [6.45, 7) is 0. The third-order valence-corrected chi connectivity index (χ3v) is 4.55. The summed E-state index contributed by atoms with van der Waals surface area (Å²) in [4.78, 5) is 11.7. The van der Waals surface area contributed by atoms with E-state index in [0.29, 0.717) is 18.1 Å². The summed E-state index contributed by atoms with van der Waals surface area (Å²) in [5.41, 5.74) is 2.69. The monoisotopic (exact) mass is 214 g/mol.